The van der Waals surface area contributed by atoms with Crippen molar-refractivity contribution in [2.75, 3.05) is 0 Å². The van der Waals surface area contributed by atoms with Gasteiger partial charge in [-0.3, -0.25) is 0 Å². The lowest BCUT2D eigenvalue weighted by Gasteiger charge is -1.95. The van der Waals surface area contributed by atoms with Crippen LogP contribution in [-0.2, 0) is 0 Å². The van der Waals surface area contributed by atoms with Crippen LogP contribution in [0.15, 0.2) is 52.9 Å². The fourth-order valence-electron chi connectivity index (χ4n) is 1.43. The van der Waals surface area contributed by atoms with Gasteiger partial charge in [-0.25, -0.2) is 0 Å². The molecular formula is C14H14O. The predicted molar refractivity (Wildman–Crippen MR) is 63.3 cm³/mol. The third-order valence-electron chi connectivity index (χ3n) is 2.47. The highest BCUT2D eigenvalue weighted by molar-refractivity contribution is 5.75. The van der Waals surface area contributed by atoms with E-state index >= 15 is 0 Å². The van der Waals surface area contributed by atoms with Crippen LogP contribution in [0.5, 0.6) is 0 Å². The molecule has 1 heteroatoms. The third kappa shape index (κ3) is 2.18. The van der Waals surface area contributed by atoms with Gasteiger partial charge in [0.15, 0.2) is 0 Å². The SMILES string of the molecule is Cc1ccccc2ccccc2oc1C. The quantitative estimate of drug-likeness (QED) is 0.619. The Hall–Kier alpha value is -1.76. The molecule has 1 aromatic carbocycles. The smallest absolute Gasteiger partial charge is 0.134 e. The molecule has 0 unspecified atom stereocenters. The molecule has 0 aliphatic heterocycles. The van der Waals surface area contributed by atoms with E-state index in [2.05, 4.69) is 12.1 Å². The largest absolute Gasteiger partial charge is 0.461 e. The lowest BCUT2D eigenvalue weighted by atomic mass is 10.2. The van der Waals surface area contributed by atoms with Gasteiger partial charge in [-0.2, -0.15) is 0 Å². The summed E-state index contributed by atoms with van der Waals surface area (Å²) in [7, 11) is 0. The standard InChI is InChI=1S/C14H14O/c1-11-7-3-4-8-13-9-5-6-10-14(13)15-12(11)2/h3-10H,1-2H3. The second-order valence-electron chi connectivity index (χ2n) is 3.60. The molecule has 0 N–H and O–H groups in total. The summed E-state index contributed by atoms with van der Waals surface area (Å²) in [5.41, 5.74) is 2.06. The molecule has 0 bridgehead atoms. The van der Waals surface area contributed by atoms with Crippen molar-refractivity contribution in [2.24, 2.45) is 0 Å². The lowest BCUT2D eigenvalue weighted by molar-refractivity contribution is 0.564. The van der Waals surface area contributed by atoms with Crippen LogP contribution in [0.3, 0.4) is 0 Å². The van der Waals surface area contributed by atoms with Crippen molar-refractivity contribution < 1.29 is 4.42 Å². The van der Waals surface area contributed by atoms with Crippen LogP contribution in [0.2, 0.25) is 0 Å². The number of benzene rings is 1. The highest BCUT2D eigenvalue weighted by Gasteiger charge is 1.92. The molecule has 0 atom stereocenters. The van der Waals surface area contributed by atoms with Crippen molar-refractivity contribution in [3.05, 3.63) is 59.9 Å². The topological polar surface area (TPSA) is 13.1 Å². The lowest BCUT2D eigenvalue weighted by Crippen LogP contribution is -1.73. The molecule has 2 rings (SSSR count). The van der Waals surface area contributed by atoms with Crippen molar-refractivity contribution in [2.45, 2.75) is 13.8 Å². The Bertz CT molecular complexity index is 522. The van der Waals surface area contributed by atoms with E-state index in [-0.39, 0.29) is 0 Å². The zero-order chi connectivity index (χ0) is 10.7. The van der Waals surface area contributed by atoms with Crippen LogP contribution in [0.4, 0.5) is 0 Å². The van der Waals surface area contributed by atoms with E-state index in [0.29, 0.717) is 0 Å². The van der Waals surface area contributed by atoms with E-state index in [1.54, 1.807) is 0 Å². The molecule has 2 aromatic rings. The van der Waals surface area contributed by atoms with Gasteiger partial charge in [0.05, 0.1) is 0 Å². The number of rotatable bonds is 0. The first kappa shape index (κ1) is 9.78. The predicted octanol–water partition coefficient (Wildman–Crippen LogP) is 4.17. The zero-order valence-electron chi connectivity index (χ0n) is 9.03. The Labute approximate surface area is 89.7 Å². The Balaban J connectivity index is 2.88. The summed E-state index contributed by atoms with van der Waals surface area (Å²) in [6, 6.07) is 16.2. The average Bonchev–Trinajstić information content (AvgIpc) is 2.31. The molecule has 1 aromatic heterocycles. The molecule has 0 radical (unpaired) electrons. The Kier molecular flexibility index (Phi) is 2.72. The van der Waals surface area contributed by atoms with Gasteiger partial charge in [0.25, 0.3) is 0 Å². The highest BCUT2D eigenvalue weighted by atomic mass is 16.3. The van der Waals surface area contributed by atoms with Crippen molar-refractivity contribution >= 4 is 11.0 Å². The van der Waals surface area contributed by atoms with E-state index < -0.39 is 0 Å². The monoisotopic (exact) mass is 198 g/mol. The molecule has 1 heterocycles. The molecule has 0 saturated carbocycles. The summed E-state index contributed by atoms with van der Waals surface area (Å²) < 4.78 is 5.81. The minimum Gasteiger partial charge on any atom is -0.461 e. The van der Waals surface area contributed by atoms with Gasteiger partial charge in [0.2, 0.25) is 0 Å². The van der Waals surface area contributed by atoms with Crippen LogP contribution < -0.4 is 0 Å². The van der Waals surface area contributed by atoms with E-state index in [1.807, 2.05) is 50.2 Å². The van der Waals surface area contributed by atoms with Gasteiger partial charge in [0, 0.05) is 5.39 Å². The zero-order valence-corrected chi connectivity index (χ0v) is 9.03. The second kappa shape index (κ2) is 4.18. The van der Waals surface area contributed by atoms with Crippen LogP contribution in [-0.4, -0.2) is 0 Å². The molecular weight excluding hydrogens is 184 g/mol. The number of fused-ring (bicyclic) bond motifs is 1. The minimum absolute atomic E-state index is 0.911. The number of hydrogen-bond donors (Lipinski definition) is 0. The van der Waals surface area contributed by atoms with Gasteiger partial charge < -0.3 is 4.42 Å². The summed E-state index contributed by atoms with van der Waals surface area (Å²) in [4.78, 5) is 0. The molecule has 0 fully saturated rings. The molecule has 0 spiro atoms. The van der Waals surface area contributed by atoms with E-state index in [0.717, 1.165) is 22.3 Å². The normalized spacial score (nSPS) is 10.0. The van der Waals surface area contributed by atoms with E-state index in [4.69, 9.17) is 4.42 Å². The molecule has 15 heavy (non-hydrogen) atoms. The average molecular weight is 198 g/mol. The van der Waals surface area contributed by atoms with Gasteiger partial charge in [-0.05, 0) is 25.5 Å². The molecule has 0 amide bonds. The fourth-order valence-corrected chi connectivity index (χ4v) is 1.43. The molecule has 0 aliphatic carbocycles. The van der Waals surface area contributed by atoms with Crippen LogP contribution >= 0.6 is 0 Å². The second-order valence-corrected chi connectivity index (χ2v) is 3.60. The Morgan fingerprint density at radius 3 is 2.13 bits per heavy atom. The van der Waals surface area contributed by atoms with Crippen molar-refractivity contribution in [3.63, 3.8) is 0 Å². The summed E-state index contributed by atoms with van der Waals surface area (Å²) in [6.07, 6.45) is 0. The number of hydrogen-bond acceptors (Lipinski definition) is 1. The fraction of sp³-hybridized carbons (Fsp3) is 0.143. The first-order valence-corrected chi connectivity index (χ1v) is 5.06. The van der Waals surface area contributed by atoms with E-state index in [9.17, 15) is 0 Å². The van der Waals surface area contributed by atoms with Gasteiger partial charge in [-0.15, -0.1) is 0 Å². The molecule has 0 aliphatic rings. The van der Waals surface area contributed by atoms with Crippen LogP contribution in [0, 0.1) is 13.8 Å². The molecule has 0 saturated heterocycles. The van der Waals surface area contributed by atoms with Crippen molar-refractivity contribution in [1.29, 1.82) is 0 Å². The molecule has 76 valence electrons. The van der Waals surface area contributed by atoms with Gasteiger partial charge in [-0.1, -0.05) is 42.5 Å². The Morgan fingerprint density at radius 2 is 1.40 bits per heavy atom. The third-order valence-corrected chi connectivity index (χ3v) is 2.47. The maximum Gasteiger partial charge on any atom is 0.134 e. The number of para-hydroxylation sites is 1. The highest BCUT2D eigenvalue weighted by Crippen LogP contribution is 2.13. The van der Waals surface area contributed by atoms with Crippen LogP contribution in [0.25, 0.3) is 11.0 Å². The summed E-state index contributed by atoms with van der Waals surface area (Å²) in [5, 5.41) is 1.11. The summed E-state index contributed by atoms with van der Waals surface area (Å²) in [6.45, 7) is 4.04. The maximum absolute atomic E-state index is 5.81. The van der Waals surface area contributed by atoms with Crippen LogP contribution in [0.1, 0.15) is 11.3 Å². The maximum atomic E-state index is 5.81. The Morgan fingerprint density at radius 1 is 0.800 bits per heavy atom. The van der Waals surface area contributed by atoms with Gasteiger partial charge in [0.1, 0.15) is 11.3 Å². The van der Waals surface area contributed by atoms with Gasteiger partial charge >= 0.3 is 0 Å². The molecule has 1 nitrogen and oxygen atoms in total. The minimum atomic E-state index is 0.911. The summed E-state index contributed by atoms with van der Waals surface area (Å²) in [5.74, 6) is 0.947. The first-order chi connectivity index (χ1) is 7.27. The van der Waals surface area contributed by atoms with E-state index in [1.165, 1.54) is 0 Å². The van der Waals surface area contributed by atoms with Crippen molar-refractivity contribution in [1.82, 2.24) is 0 Å². The number of aryl methyl sites for hydroxylation is 2. The van der Waals surface area contributed by atoms with Crippen molar-refractivity contribution in [3.8, 4) is 0 Å². The first-order valence-electron chi connectivity index (χ1n) is 5.06. The summed E-state index contributed by atoms with van der Waals surface area (Å²) >= 11 is 0.